The highest BCUT2D eigenvalue weighted by atomic mass is 35.5. The molecule has 0 bridgehead atoms. The maximum atomic E-state index is 13.0. The van der Waals surface area contributed by atoms with Crippen LogP contribution < -0.4 is 10.1 Å². The highest BCUT2D eigenvalue weighted by Crippen LogP contribution is 2.26. The Morgan fingerprint density at radius 2 is 2.05 bits per heavy atom. The van der Waals surface area contributed by atoms with E-state index in [-0.39, 0.29) is 12.4 Å². The van der Waals surface area contributed by atoms with Crippen molar-refractivity contribution in [3.8, 4) is 5.75 Å². The maximum Gasteiger partial charge on any atom is 0.141 e. The first-order valence-corrected chi connectivity index (χ1v) is 7.16. The molecule has 1 N–H and O–H groups in total. The molecule has 5 heteroatoms. The minimum atomic E-state index is -0.377. The van der Waals surface area contributed by atoms with Gasteiger partial charge in [-0.3, -0.25) is 4.98 Å². The van der Waals surface area contributed by atoms with E-state index in [1.165, 1.54) is 6.07 Å². The number of hydrogen-bond donors (Lipinski definition) is 1. The Balaban J connectivity index is 1.97. The minimum Gasteiger partial charge on any atom is -0.487 e. The first kappa shape index (κ1) is 15.7. The van der Waals surface area contributed by atoms with Gasteiger partial charge in [-0.15, -0.1) is 0 Å². The van der Waals surface area contributed by atoms with E-state index in [0.717, 1.165) is 18.3 Å². The van der Waals surface area contributed by atoms with Crippen molar-refractivity contribution < 1.29 is 9.13 Å². The van der Waals surface area contributed by atoms with Gasteiger partial charge < -0.3 is 10.1 Å². The molecule has 3 nitrogen and oxygen atoms in total. The molecule has 2 aromatic rings. The topological polar surface area (TPSA) is 34.1 Å². The lowest BCUT2D eigenvalue weighted by atomic mass is 10.2. The highest BCUT2D eigenvalue weighted by Gasteiger charge is 2.05. The number of nitrogens with one attached hydrogen (secondary N) is 1. The van der Waals surface area contributed by atoms with Crippen LogP contribution in [0.1, 0.15) is 25.0 Å². The summed E-state index contributed by atoms with van der Waals surface area (Å²) in [5.74, 6) is 0.200. The van der Waals surface area contributed by atoms with Crippen molar-refractivity contribution in [1.29, 1.82) is 0 Å². The third-order valence-electron chi connectivity index (χ3n) is 2.87. The second-order valence-electron chi connectivity index (χ2n) is 5.10. The average molecular weight is 309 g/mol. The summed E-state index contributed by atoms with van der Waals surface area (Å²) in [4.78, 5) is 3.78. The Morgan fingerprint density at radius 1 is 1.24 bits per heavy atom. The number of ether oxygens (including phenoxy) is 1. The summed E-state index contributed by atoms with van der Waals surface area (Å²) in [7, 11) is 0. The number of benzene rings is 1. The van der Waals surface area contributed by atoms with Crippen molar-refractivity contribution >= 4 is 11.6 Å². The molecule has 0 radical (unpaired) electrons. The fourth-order valence-corrected chi connectivity index (χ4v) is 2.05. The molecule has 0 saturated heterocycles. The smallest absolute Gasteiger partial charge is 0.141 e. The zero-order valence-corrected chi connectivity index (χ0v) is 12.8. The van der Waals surface area contributed by atoms with E-state index in [0.29, 0.717) is 22.4 Å². The summed E-state index contributed by atoms with van der Waals surface area (Å²) in [6, 6.07) is 7.46. The first-order chi connectivity index (χ1) is 10.0. The Hall–Kier alpha value is -1.65. The predicted molar refractivity (Wildman–Crippen MR) is 82.0 cm³/mol. The normalized spacial score (nSPS) is 10.9. The lowest BCUT2D eigenvalue weighted by molar-refractivity contribution is 0.305. The van der Waals surface area contributed by atoms with Crippen LogP contribution in [0.5, 0.6) is 5.75 Å². The lowest BCUT2D eigenvalue weighted by Crippen LogP contribution is -2.21. The molecular weight excluding hydrogens is 291 g/mol. The number of aromatic nitrogens is 1. The van der Waals surface area contributed by atoms with Crippen LogP contribution >= 0.6 is 11.6 Å². The van der Waals surface area contributed by atoms with Crippen LogP contribution in [-0.4, -0.2) is 11.0 Å². The summed E-state index contributed by atoms with van der Waals surface area (Å²) in [5.41, 5.74) is 1.75. The van der Waals surface area contributed by atoms with E-state index in [9.17, 15) is 4.39 Å². The molecule has 1 aromatic heterocycles. The molecule has 0 aliphatic heterocycles. The van der Waals surface area contributed by atoms with Crippen LogP contribution in [0.3, 0.4) is 0 Å². The fourth-order valence-electron chi connectivity index (χ4n) is 1.79. The van der Waals surface area contributed by atoms with Gasteiger partial charge in [0.1, 0.15) is 18.2 Å². The van der Waals surface area contributed by atoms with Crippen molar-refractivity contribution in [2.45, 2.75) is 33.0 Å². The van der Waals surface area contributed by atoms with Crippen molar-refractivity contribution in [1.82, 2.24) is 10.3 Å². The molecule has 0 aliphatic carbocycles. The fraction of sp³-hybridized carbons (Fsp3) is 0.312. The van der Waals surface area contributed by atoms with Crippen LogP contribution in [0.25, 0.3) is 0 Å². The molecule has 1 aromatic carbocycles. The van der Waals surface area contributed by atoms with E-state index in [2.05, 4.69) is 24.1 Å². The molecule has 0 unspecified atom stereocenters. The van der Waals surface area contributed by atoms with Gasteiger partial charge in [0.15, 0.2) is 0 Å². The third-order valence-corrected chi connectivity index (χ3v) is 3.16. The Labute approximate surface area is 129 Å². The van der Waals surface area contributed by atoms with Gasteiger partial charge in [0.25, 0.3) is 0 Å². The lowest BCUT2D eigenvalue weighted by Gasteiger charge is -2.11. The molecule has 0 spiro atoms. The number of nitrogens with zero attached hydrogens (tertiary/aromatic N) is 1. The summed E-state index contributed by atoms with van der Waals surface area (Å²) in [5, 5.41) is 3.87. The zero-order valence-electron chi connectivity index (χ0n) is 12.1. The SMILES string of the molecule is CC(C)NCc1ccc(OCc2cncc(F)c2)c(Cl)c1. The van der Waals surface area contributed by atoms with Crippen molar-refractivity contribution in [2.24, 2.45) is 0 Å². The van der Waals surface area contributed by atoms with Gasteiger partial charge in [0.05, 0.1) is 11.2 Å². The minimum absolute atomic E-state index is 0.230. The molecule has 0 atom stereocenters. The van der Waals surface area contributed by atoms with Gasteiger partial charge >= 0.3 is 0 Å². The van der Waals surface area contributed by atoms with Crippen LogP contribution in [0.2, 0.25) is 5.02 Å². The monoisotopic (exact) mass is 308 g/mol. The van der Waals surface area contributed by atoms with Crippen LogP contribution in [0.4, 0.5) is 4.39 Å². The summed E-state index contributed by atoms with van der Waals surface area (Å²) >= 11 is 6.20. The highest BCUT2D eigenvalue weighted by molar-refractivity contribution is 6.32. The quantitative estimate of drug-likeness (QED) is 0.877. The number of pyridine rings is 1. The van der Waals surface area contributed by atoms with E-state index in [4.69, 9.17) is 16.3 Å². The number of rotatable bonds is 6. The standard InChI is InChI=1S/C16H18ClFN2O/c1-11(2)20-8-12-3-4-16(15(17)6-12)21-10-13-5-14(18)9-19-7-13/h3-7,9,11,20H,8,10H2,1-2H3. The van der Waals surface area contributed by atoms with Gasteiger partial charge in [0.2, 0.25) is 0 Å². The molecule has 0 aliphatic rings. The molecule has 112 valence electrons. The first-order valence-electron chi connectivity index (χ1n) is 6.78. The second kappa shape index (κ2) is 7.38. The van der Waals surface area contributed by atoms with Gasteiger partial charge in [-0.25, -0.2) is 4.39 Å². The summed E-state index contributed by atoms with van der Waals surface area (Å²) in [6.45, 7) is 5.16. The molecule has 0 fully saturated rings. The van der Waals surface area contributed by atoms with Gasteiger partial charge in [-0.1, -0.05) is 31.5 Å². The van der Waals surface area contributed by atoms with Crippen molar-refractivity contribution in [3.05, 3.63) is 58.6 Å². The van der Waals surface area contributed by atoms with Crippen LogP contribution in [-0.2, 0) is 13.2 Å². The Bertz CT molecular complexity index is 605. The Kier molecular flexibility index (Phi) is 5.53. The molecule has 0 amide bonds. The van der Waals surface area contributed by atoms with E-state index in [1.807, 2.05) is 18.2 Å². The van der Waals surface area contributed by atoms with Gasteiger partial charge in [-0.2, -0.15) is 0 Å². The van der Waals surface area contributed by atoms with Gasteiger partial charge in [-0.05, 0) is 23.8 Å². The number of hydrogen-bond acceptors (Lipinski definition) is 3. The summed E-state index contributed by atoms with van der Waals surface area (Å²) < 4.78 is 18.6. The third kappa shape index (κ3) is 4.99. The molecule has 2 rings (SSSR count). The zero-order chi connectivity index (χ0) is 15.2. The second-order valence-corrected chi connectivity index (χ2v) is 5.51. The van der Waals surface area contributed by atoms with E-state index >= 15 is 0 Å². The molecule has 21 heavy (non-hydrogen) atoms. The summed E-state index contributed by atoms with van der Waals surface area (Å²) in [6.07, 6.45) is 2.73. The molecule has 0 saturated carbocycles. The molecule has 1 heterocycles. The number of halogens is 2. The van der Waals surface area contributed by atoms with Crippen molar-refractivity contribution in [2.75, 3.05) is 0 Å². The van der Waals surface area contributed by atoms with Gasteiger partial charge in [0, 0.05) is 24.3 Å². The van der Waals surface area contributed by atoms with Crippen LogP contribution in [0.15, 0.2) is 36.7 Å². The maximum absolute atomic E-state index is 13.0. The Morgan fingerprint density at radius 3 is 2.71 bits per heavy atom. The van der Waals surface area contributed by atoms with E-state index < -0.39 is 0 Å². The van der Waals surface area contributed by atoms with E-state index in [1.54, 1.807) is 6.20 Å². The molecular formula is C16H18ClFN2O. The van der Waals surface area contributed by atoms with Crippen molar-refractivity contribution in [3.63, 3.8) is 0 Å². The van der Waals surface area contributed by atoms with Crippen LogP contribution in [0, 0.1) is 5.82 Å². The largest absolute Gasteiger partial charge is 0.487 e. The average Bonchev–Trinajstić information content (AvgIpc) is 2.44. The predicted octanol–water partition coefficient (Wildman–Crippen LogP) is 3.95.